The number of aromatic nitrogens is 2. The minimum Gasteiger partial charge on any atom is -0.300 e. The molecule has 4 nitrogen and oxygen atoms in total. The van der Waals surface area contributed by atoms with Crippen molar-refractivity contribution in [3.63, 3.8) is 0 Å². The van der Waals surface area contributed by atoms with Crippen molar-refractivity contribution in [1.29, 1.82) is 0 Å². The lowest BCUT2D eigenvalue weighted by Crippen LogP contribution is -2.49. The molecule has 3 aromatic rings. The number of nitrogens with zero attached hydrogens (tertiary/aromatic N) is 4. The summed E-state index contributed by atoms with van der Waals surface area (Å²) < 4.78 is 2.10. The maximum Gasteiger partial charge on any atom is 0.130 e. The third kappa shape index (κ3) is 4.29. The number of hydrogen-bond acceptors (Lipinski definition) is 3. The van der Waals surface area contributed by atoms with Gasteiger partial charge in [0.1, 0.15) is 6.17 Å². The van der Waals surface area contributed by atoms with E-state index in [9.17, 15) is 0 Å². The van der Waals surface area contributed by atoms with E-state index in [1.54, 1.807) is 0 Å². The van der Waals surface area contributed by atoms with E-state index < -0.39 is 0 Å². The van der Waals surface area contributed by atoms with E-state index >= 15 is 0 Å². The molecule has 0 radical (unpaired) electrons. The smallest absolute Gasteiger partial charge is 0.130 e. The fourth-order valence-electron chi connectivity index (χ4n) is 3.97. The van der Waals surface area contributed by atoms with Gasteiger partial charge < -0.3 is 4.90 Å². The molecule has 0 saturated carbocycles. The molecule has 1 aliphatic rings. The van der Waals surface area contributed by atoms with Crippen LogP contribution in [0.25, 0.3) is 0 Å². The zero-order valence-corrected chi connectivity index (χ0v) is 16.0. The van der Waals surface area contributed by atoms with Gasteiger partial charge in [-0.1, -0.05) is 54.6 Å². The summed E-state index contributed by atoms with van der Waals surface area (Å²) >= 11 is 0. The first-order valence-electron chi connectivity index (χ1n) is 9.86. The highest BCUT2D eigenvalue weighted by atomic mass is 15.4. The van der Waals surface area contributed by atoms with Gasteiger partial charge in [0.2, 0.25) is 0 Å². The Balaban J connectivity index is 1.42. The van der Waals surface area contributed by atoms with Crippen molar-refractivity contribution in [3.8, 4) is 0 Å². The lowest BCUT2D eigenvalue weighted by atomic mass is 10.0. The molecule has 0 aliphatic carbocycles. The Morgan fingerprint density at radius 3 is 2.33 bits per heavy atom. The molecule has 0 amide bonds. The molecule has 4 heteroatoms. The zero-order chi connectivity index (χ0) is 18.5. The molecular formula is C23H28N4. The Bertz CT molecular complexity index is 821. The molecule has 1 aliphatic heterocycles. The number of benzene rings is 2. The van der Waals surface area contributed by atoms with E-state index in [0.717, 1.165) is 39.1 Å². The lowest BCUT2D eigenvalue weighted by molar-refractivity contribution is 0.0781. The average molecular weight is 361 g/mol. The van der Waals surface area contributed by atoms with E-state index in [1.807, 2.05) is 12.3 Å². The Morgan fingerprint density at radius 1 is 0.889 bits per heavy atom. The fraction of sp³-hybridized carbons (Fsp3) is 0.348. The predicted octanol–water partition coefficient (Wildman–Crippen LogP) is 3.60. The summed E-state index contributed by atoms with van der Waals surface area (Å²) in [5, 5.41) is 4.57. The van der Waals surface area contributed by atoms with Crippen molar-refractivity contribution in [3.05, 3.63) is 89.7 Å². The second-order valence-electron chi connectivity index (χ2n) is 7.33. The van der Waals surface area contributed by atoms with Gasteiger partial charge in [0.15, 0.2) is 0 Å². The Labute approximate surface area is 162 Å². The van der Waals surface area contributed by atoms with E-state index in [0.29, 0.717) is 0 Å². The van der Waals surface area contributed by atoms with Gasteiger partial charge in [-0.25, -0.2) is 0 Å². The van der Waals surface area contributed by atoms with Crippen LogP contribution in [0.4, 0.5) is 0 Å². The Kier molecular flexibility index (Phi) is 5.66. The first-order chi connectivity index (χ1) is 13.3. The third-order valence-electron chi connectivity index (χ3n) is 5.55. The highest BCUT2D eigenvalue weighted by Gasteiger charge is 2.27. The summed E-state index contributed by atoms with van der Waals surface area (Å²) in [5.74, 6) is 0. The zero-order valence-electron chi connectivity index (χ0n) is 16.0. The van der Waals surface area contributed by atoms with E-state index in [2.05, 4.69) is 87.3 Å². The van der Waals surface area contributed by atoms with Gasteiger partial charge in [0, 0.05) is 45.1 Å². The van der Waals surface area contributed by atoms with Gasteiger partial charge >= 0.3 is 0 Å². The molecule has 2 heterocycles. The van der Waals surface area contributed by atoms with Gasteiger partial charge in [-0.15, -0.1) is 0 Å². The molecule has 1 atom stereocenters. The maximum absolute atomic E-state index is 4.57. The molecule has 0 bridgehead atoms. The SMILES string of the molecule is Cc1ccccc1C(N1CCN(CCc2ccccc2)CC1)n1cccn1. The molecule has 0 N–H and O–H groups in total. The van der Waals surface area contributed by atoms with Gasteiger partial charge in [0.05, 0.1) is 0 Å². The van der Waals surface area contributed by atoms with Gasteiger partial charge in [-0.3, -0.25) is 9.58 Å². The van der Waals surface area contributed by atoms with Crippen molar-refractivity contribution in [2.24, 2.45) is 0 Å². The summed E-state index contributed by atoms with van der Waals surface area (Å²) in [6.07, 6.45) is 5.26. The fourth-order valence-corrected chi connectivity index (χ4v) is 3.97. The normalized spacial score (nSPS) is 17.1. The van der Waals surface area contributed by atoms with Crippen molar-refractivity contribution in [1.82, 2.24) is 19.6 Å². The molecular weight excluding hydrogens is 332 g/mol. The lowest BCUT2D eigenvalue weighted by Gasteiger charge is -2.39. The average Bonchev–Trinajstić information content (AvgIpc) is 3.24. The molecule has 1 unspecified atom stereocenters. The number of rotatable bonds is 6. The summed E-state index contributed by atoms with van der Waals surface area (Å²) in [4.78, 5) is 5.15. The van der Waals surface area contributed by atoms with Crippen molar-refractivity contribution >= 4 is 0 Å². The van der Waals surface area contributed by atoms with E-state index in [4.69, 9.17) is 0 Å². The van der Waals surface area contributed by atoms with Crippen LogP contribution in [-0.2, 0) is 6.42 Å². The van der Waals surface area contributed by atoms with E-state index in [-0.39, 0.29) is 6.17 Å². The van der Waals surface area contributed by atoms with Crippen molar-refractivity contribution in [2.45, 2.75) is 19.5 Å². The summed E-state index contributed by atoms with van der Waals surface area (Å²) in [7, 11) is 0. The molecule has 0 spiro atoms. The van der Waals surface area contributed by atoms with Crippen LogP contribution in [-0.4, -0.2) is 52.3 Å². The molecule has 1 aromatic heterocycles. The van der Waals surface area contributed by atoms with Crippen molar-refractivity contribution < 1.29 is 0 Å². The summed E-state index contributed by atoms with van der Waals surface area (Å²) in [5.41, 5.74) is 4.10. The second-order valence-corrected chi connectivity index (χ2v) is 7.33. The third-order valence-corrected chi connectivity index (χ3v) is 5.55. The van der Waals surface area contributed by atoms with Gasteiger partial charge in [-0.05, 0) is 36.1 Å². The first-order valence-corrected chi connectivity index (χ1v) is 9.86. The van der Waals surface area contributed by atoms with E-state index in [1.165, 1.54) is 16.7 Å². The largest absolute Gasteiger partial charge is 0.300 e. The van der Waals surface area contributed by atoms with Gasteiger partial charge in [-0.2, -0.15) is 5.10 Å². The van der Waals surface area contributed by atoms with Crippen LogP contribution in [0.15, 0.2) is 73.1 Å². The summed E-state index contributed by atoms with van der Waals surface area (Å²) in [6.45, 7) is 7.67. The quantitative estimate of drug-likeness (QED) is 0.671. The van der Waals surface area contributed by atoms with Crippen LogP contribution in [0.1, 0.15) is 22.9 Å². The van der Waals surface area contributed by atoms with Crippen LogP contribution in [0.3, 0.4) is 0 Å². The van der Waals surface area contributed by atoms with Crippen LogP contribution < -0.4 is 0 Å². The minimum atomic E-state index is 0.178. The molecule has 140 valence electrons. The summed E-state index contributed by atoms with van der Waals surface area (Å²) in [6, 6.07) is 21.5. The van der Waals surface area contributed by atoms with Crippen LogP contribution in [0, 0.1) is 6.92 Å². The minimum absolute atomic E-state index is 0.178. The van der Waals surface area contributed by atoms with Crippen LogP contribution in [0.5, 0.6) is 0 Å². The second kappa shape index (κ2) is 8.51. The number of aryl methyl sites for hydroxylation is 1. The molecule has 1 saturated heterocycles. The Morgan fingerprint density at radius 2 is 1.63 bits per heavy atom. The van der Waals surface area contributed by atoms with Crippen LogP contribution in [0.2, 0.25) is 0 Å². The number of piperazine rings is 1. The topological polar surface area (TPSA) is 24.3 Å². The highest BCUT2D eigenvalue weighted by molar-refractivity contribution is 5.29. The van der Waals surface area contributed by atoms with Crippen molar-refractivity contribution in [2.75, 3.05) is 32.7 Å². The first kappa shape index (κ1) is 18.0. The molecule has 1 fully saturated rings. The highest BCUT2D eigenvalue weighted by Crippen LogP contribution is 2.26. The maximum atomic E-state index is 4.57. The standard InChI is InChI=1S/C23H28N4/c1-20-8-5-6-11-22(20)23(27-14-7-13-24-27)26-18-16-25(17-19-26)15-12-21-9-3-2-4-10-21/h2-11,13-14,23H,12,15-19H2,1H3. The van der Waals surface area contributed by atoms with Gasteiger partial charge in [0.25, 0.3) is 0 Å². The monoisotopic (exact) mass is 360 g/mol. The predicted molar refractivity (Wildman–Crippen MR) is 110 cm³/mol. The molecule has 27 heavy (non-hydrogen) atoms. The Hall–Kier alpha value is -2.43. The van der Waals surface area contributed by atoms with Crippen LogP contribution >= 0.6 is 0 Å². The molecule has 4 rings (SSSR count). The number of hydrogen-bond donors (Lipinski definition) is 0. The molecule has 2 aromatic carbocycles.